The Labute approximate surface area is 131 Å². The van der Waals surface area contributed by atoms with E-state index in [0.29, 0.717) is 24.1 Å². The highest BCUT2D eigenvalue weighted by Gasteiger charge is 2.26. The fraction of sp³-hybridized carbons (Fsp3) is 0.714. The molecule has 1 aromatic heterocycles. The van der Waals surface area contributed by atoms with Crippen LogP contribution in [0.25, 0.3) is 0 Å². The minimum absolute atomic E-state index is 0.173. The van der Waals surface area contributed by atoms with Crippen molar-refractivity contribution in [3.63, 3.8) is 0 Å². The molecule has 1 atom stereocenters. The summed E-state index contributed by atoms with van der Waals surface area (Å²) in [7, 11) is -1.92. The van der Waals surface area contributed by atoms with Crippen molar-refractivity contribution in [1.82, 2.24) is 10.0 Å². The largest absolute Gasteiger partial charge is 0.383 e. The fourth-order valence-corrected chi connectivity index (χ4v) is 4.79. The minimum atomic E-state index is -3.50. The van der Waals surface area contributed by atoms with Gasteiger partial charge in [0.05, 0.1) is 11.5 Å². The van der Waals surface area contributed by atoms with E-state index in [-0.39, 0.29) is 12.0 Å². The van der Waals surface area contributed by atoms with Gasteiger partial charge in [-0.1, -0.05) is 13.8 Å². The summed E-state index contributed by atoms with van der Waals surface area (Å²) in [6.07, 6.45) is 2.38. The summed E-state index contributed by atoms with van der Waals surface area (Å²) in [6, 6.07) is 2.03. The molecule has 21 heavy (non-hydrogen) atoms. The molecule has 120 valence electrons. The van der Waals surface area contributed by atoms with Gasteiger partial charge in [0.1, 0.15) is 0 Å². The van der Waals surface area contributed by atoms with Gasteiger partial charge in [-0.25, -0.2) is 13.1 Å². The third kappa shape index (κ3) is 4.75. The van der Waals surface area contributed by atoms with E-state index in [0.717, 1.165) is 4.88 Å². The van der Waals surface area contributed by atoms with Gasteiger partial charge in [0.15, 0.2) is 0 Å². The average Bonchev–Trinajstić information content (AvgIpc) is 3.11. The summed E-state index contributed by atoms with van der Waals surface area (Å²) in [5.74, 6) is 0.173. The van der Waals surface area contributed by atoms with Crippen LogP contribution in [0, 0.1) is 5.92 Å². The number of ether oxygens (including phenoxy) is 1. The predicted molar refractivity (Wildman–Crippen MR) is 85.0 cm³/mol. The first kappa shape index (κ1) is 16.9. The Morgan fingerprint density at radius 3 is 2.71 bits per heavy atom. The van der Waals surface area contributed by atoms with Crippen LogP contribution in [0.4, 0.5) is 0 Å². The van der Waals surface area contributed by atoms with Crippen molar-refractivity contribution in [3.05, 3.63) is 16.3 Å². The quantitative estimate of drug-likeness (QED) is 0.725. The summed E-state index contributed by atoms with van der Waals surface area (Å²) in [5.41, 5.74) is 0. The van der Waals surface area contributed by atoms with E-state index in [2.05, 4.69) is 10.0 Å². The lowest BCUT2D eigenvalue weighted by Crippen LogP contribution is -2.41. The molecule has 0 bridgehead atoms. The summed E-state index contributed by atoms with van der Waals surface area (Å²) in [5, 5.41) is 5.20. The van der Waals surface area contributed by atoms with E-state index < -0.39 is 10.0 Å². The van der Waals surface area contributed by atoms with Crippen LogP contribution in [0.2, 0.25) is 0 Å². The van der Waals surface area contributed by atoms with Crippen molar-refractivity contribution in [2.45, 2.75) is 50.2 Å². The Balaban J connectivity index is 2.08. The zero-order valence-corrected chi connectivity index (χ0v) is 14.4. The SMILES string of the molecule is COCC(NS(=O)(=O)c1ccsc1CNC1CC1)C(C)C. The number of methoxy groups -OCH3 is 1. The van der Waals surface area contributed by atoms with Crippen molar-refractivity contribution in [1.29, 1.82) is 0 Å². The van der Waals surface area contributed by atoms with Gasteiger partial charge in [-0.15, -0.1) is 11.3 Å². The third-order valence-electron chi connectivity index (χ3n) is 3.58. The van der Waals surface area contributed by atoms with Gasteiger partial charge in [0.2, 0.25) is 10.0 Å². The van der Waals surface area contributed by atoms with Crippen molar-refractivity contribution >= 4 is 21.4 Å². The first-order valence-corrected chi connectivity index (χ1v) is 9.61. The maximum Gasteiger partial charge on any atom is 0.242 e. The number of hydrogen-bond donors (Lipinski definition) is 2. The molecule has 2 N–H and O–H groups in total. The van der Waals surface area contributed by atoms with Crippen LogP contribution in [0.5, 0.6) is 0 Å². The molecule has 0 aromatic carbocycles. The summed E-state index contributed by atoms with van der Waals surface area (Å²) in [4.78, 5) is 1.26. The first-order valence-electron chi connectivity index (χ1n) is 7.25. The van der Waals surface area contributed by atoms with Crippen LogP contribution in [0.3, 0.4) is 0 Å². The van der Waals surface area contributed by atoms with E-state index in [1.807, 2.05) is 19.2 Å². The molecular weight excluding hydrogens is 308 g/mol. The second kappa shape index (κ2) is 7.19. The second-order valence-electron chi connectivity index (χ2n) is 5.79. The lowest BCUT2D eigenvalue weighted by Gasteiger charge is -2.21. The Bertz CT molecular complexity index is 550. The van der Waals surface area contributed by atoms with Crippen LogP contribution in [-0.4, -0.2) is 34.2 Å². The van der Waals surface area contributed by atoms with Gasteiger partial charge in [0, 0.05) is 30.6 Å². The van der Waals surface area contributed by atoms with Crippen molar-refractivity contribution in [2.75, 3.05) is 13.7 Å². The maximum absolute atomic E-state index is 12.6. The van der Waals surface area contributed by atoms with Crippen LogP contribution < -0.4 is 10.0 Å². The zero-order chi connectivity index (χ0) is 15.5. The molecule has 1 heterocycles. The molecule has 1 fully saturated rings. The lowest BCUT2D eigenvalue weighted by atomic mass is 10.1. The highest BCUT2D eigenvalue weighted by molar-refractivity contribution is 7.89. The van der Waals surface area contributed by atoms with Gasteiger partial charge in [0.25, 0.3) is 0 Å². The van der Waals surface area contributed by atoms with E-state index in [4.69, 9.17) is 4.74 Å². The molecule has 7 heteroatoms. The number of hydrogen-bond acceptors (Lipinski definition) is 5. The molecule has 5 nitrogen and oxygen atoms in total. The first-order chi connectivity index (χ1) is 9.94. The molecule has 1 aliphatic carbocycles. The predicted octanol–water partition coefficient (Wildman–Crippen LogP) is 1.95. The number of sulfonamides is 1. The Morgan fingerprint density at radius 2 is 2.14 bits per heavy atom. The standard InChI is InChI=1S/C14H24N2O3S2/c1-10(2)12(9-19-3)16-21(17,18)14-6-7-20-13(14)8-15-11-4-5-11/h6-7,10-12,15-16H,4-5,8-9H2,1-3H3. The van der Waals surface area contributed by atoms with Gasteiger partial charge < -0.3 is 10.1 Å². The molecule has 0 saturated heterocycles. The van der Waals surface area contributed by atoms with Crippen molar-refractivity contribution in [3.8, 4) is 0 Å². The molecule has 0 aliphatic heterocycles. The second-order valence-corrected chi connectivity index (χ2v) is 8.47. The molecule has 0 spiro atoms. The lowest BCUT2D eigenvalue weighted by molar-refractivity contribution is 0.157. The van der Waals surface area contributed by atoms with Gasteiger partial charge in [-0.2, -0.15) is 0 Å². The van der Waals surface area contributed by atoms with E-state index in [9.17, 15) is 8.42 Å². The molecule has 0 amide bonds. The number of nitrogens with one attached hydrogen (secondary N) is 2. The molecule has 1 aromatic rings. The molecule has 1 unspecified atom stereocenters. The van der Waals surface area contributed by atoms with E-state index in [1.165, 1.54) is 24.2 Å². The molecule has 2 rings (SSSR count). The summed E-state index contributed by atoms with van der Waals surface area (Å²) >= 11 is 1.48. The number of thiophene rings is 1. The van der Waals surface area contributed by atoms with Crippen LogP contribution >= 0.6 is 11.3 Å². The van der Waals surface area contributed by atoms with Crippen LogP contribution in [0.1, 0.15) is 31.6 Å². The van der Waals surface area contributed by atoms with Crippen LogP contribution in [-0.2, 0) is 21.3 Å². The molecular formula is C14H24N2O3S2. The topological polar surface area (TPSA) is 67.4 Å². The van der Waals surface area contributed by atoms with E-state index >= 15 is 0 Å². The van der Waals surface area contributed by atoms with Gasteiger partial charge in [-0.05, 0) is 30.2 Å². The van der Waals surface area contributed by atoms with Crippen molar-refractivity contribution < 1.29 is 13.2 Å². The molecule has 0 radical (unpaired) electrons. The summed E-state index contributed by atoms with van der Waals surface area (Å²) in [6.45, 7) is 4.96. The number of rotatable bonds is 9. The zero-order valence-electron chi connectivity index (χ0n) is 12.8. The van der Waals surface area contributed by atoms with Gasteiger partial charge >= 0.3 is 0 Å². The Hall–Kier alpha value is -0.470. The molecule has 1 saturated carbocycles. The average molecular weight is 332 g/mol. The van der Waals surface area contributed by atoms with Crippen LogP contribution in [0.15, 0.2) is 16.3 Å². The Morgan fingerprint density at radius 1 is 1.43 bits per heavy atom. The highest BCUT2D eigenvalue weighted by Crippen LogP contribution is 2.25. The maximum atomic E-state index is 12.6. The smallest absolute Gasteiger partial charge is 0.242 e. The van der Waals surface area contributed by atoms with Crippen molar-refractivity contribution in [2.24, 2.45) is 5.92 Å². The van der Waals surface area contributed by atoms with E-state index in [1.54, 1.807) is 13.2 Å². The minimum Gasteiger partial charge on any atom is -0.383 e. The normalized spacial score (nSPS) is 17.3. The highest BCUT2D eigenvalue weighted by atomic mass is 32.2. The fourth-order valence-electron chi connectivity index (χ4n) is 2.03. The summed E-state index contributed by atoms with van der Waals surface area (Å²) < 4.78 is 33.0. The monoisotopic (exact) mass is 332 g/mol. The molecule has 1 aliphatic rings. The van der Waals surface area contributed by atoms with Gasteiger partial charge in [-0.3, -0.25) is 0 Å². The third-order valence-corrected chi connectivity index (χ3v) is 6.20. The Kier molecular flexibility index (Phi) is 5.79.